The molecule has 0 spiro atoms. The number of allylic oxidation sites excluding steroid dienone is 1. The molecule has 102 valence electrons. The van der Waals surface area contributed by atoms with Crippen molar-refractivity contribution in [2.24, 2.45) is 0 Å². The van der Waals surface area contributed by atoms with Crippen LogP contribution in [-0.2, 0) is 0 Å². The van der Waals surface area contributed by atoms with Gasteiger partial charge in [-0.2, -0.15) is 0 Å². The van der Waals surface area contributed by atoms with E-state index in [9.17, 15) is 4.79 Å². The minimum Gasteiger partial charge on any atom is -0.288 e. The molecule has 0 unspecified atom stereocenters. The Morgan fingerprint density at radius 2 is 1.68 bits per heavy atom. The molecule has 1 aromatic heterocycles. The SMILES string of the molecule is [B]c1cccc2nc(C3=C(S)c4ccccc4C3=O)ccc12. The van der Waals surface area contributed by atoms with E-state index in [0.717, 1.165) is 16.5 Å². The van der Waals surface area contributed by atoms with Crippen molar-refractivity contribution in [3.05, 3.63) is 71.4 Å². The quantitative estimate of drug-likeness (QED) is 0.553. The van der Waals surface area contributed by atoms with Gasteiger partial charge in [0.15, 0.2) is 5.78 Å². The lowest BCUT2D eigenvalue weighted by molar-refractivity contribution is 0.105. The highest BCUT2D eigenvalue weighted by molar-refractivity contribution is 7.91. The molecule has 1 aliphatic carbocycles. The topological polar surface area (TPSA) is 30.0 Å². The fraction of sp³-hybridized carbons (Fsp3) is 0. The molecule has 3 aromatic rings. The van der Waals surface area contributed by atoms with Crippen LogP contribution in [-0.4, -0.2) is 18.6 Å². The predicted octanol–water partition coefficient (Wildman–Crippen LogP) is 3.02. The van der Waals surface area contributed by atoms with Gasteiger partial charge in [-0.05, 0) is 23.1 Å². The van der Waals surface area contributed by atoms with Gasteiger partial charge in [0, 0.05) is 10.5 Å². The van der Waals surface area contributed by atoms with E-state index in [2.05, 4.69) is 17.6 Å². The summed E-state index contributed by atoms with van der Waals surface area (Å²) >= 11 is 4.55. The zero-order valence-electron chi connectivity index (χ0n) is 11.6. The van der Waals surface area contributed by atoms with Crippen molar-refractivity contribution in [3.8, 4) is 0 Å². The van der Waals surface area contributed by atoms with Gasteiger partial charge >= 0.3 is 0 Å². The molecule has 0 saturated carbocycles. The van der Waals surface area contributed by atoms with E-state index >= 15 is 0 Å². The molecule has 4 rings (SSSR count). The van der Waals surface area contributed by atoms with E-state index in [0.29, 0.717) is 27.2 Å². The Morgan fingerprint density at radius 1 is 0.909 bits per heavy atom. The number of hydrogen-bond acceptors (Lipinski definition) is 3. The Labute approximate surface area is 134 Å². The molecule has 4 heteroatoms. The standard InChI is InChI=1S/C18H10BNOS/c19-13-6-3-7-14-12(13)8-9-15(20-14)16-17(21)10-4-1-2-5-11(10)18(16)22/h1-9,22H. The summed E-state index contributed by atoms with van der Waals surface area (Å²) in [5, 5.41) is 0.885. The molecule has 0 saturated heterocycles. The summed E-state index contributed by atoms with van der Waals surface area (Å²) < 4.78 is 0. The molecule has 22 heavy (non-hydrogen) atoms. The van der Waals surface area contributed by atoms with Gasteiger partial charge in [0.1, 0.15) is 7.85 Å². The molecule has 2 nitrogen and oxygen atoms in total. The van der Waals surface area contributed by atoms with Crippen molar-refractivity contribution < 1.29 is 4.79 Å². The fourth-order valence-corrected chi connectivity index (χ4v) is 3.23. The van der Waals surface area contributed by atoms with Crippen molar-refractivity contribution in [2.45, 2.75) is 0 Å². The van der Waals surface area contributed by atoms with Crippen LogP contribution in [0.25, 0.3) is 21.4 Å². The summed E-state index contributed by atoms with van der Waals surface area (Å²) in [6.45, 7) is 0. The summed E-state index contributed by atoms with van der Waals surface area (Å²) in [4.78, 5) is 17.9. The molecule has 0 amide bonds. The first-order chi connectivity index (χ1) is 10.7. The normalized spacial score (nSPS) is 13.8. The third kappa shape index (κ3) is 1.84. The number of fused-ring (bicyclic) bond motifs is 2. The van der Waals surface area contributed by atoms with E-state index < -0.39 is 0 Å². The van der Waals surface area contributed by atoms with Crippen molar-refractivity contribution in [1.29, 1.82) is 0 Å². The molecule has 0 fully saturated rings. The number of nitrogens with zero attached hydrogens (tertiary/aromatic N) is 1. The maximum absolute atomic E-state index is 12.6. The average molecular weight is 299 g/mol. The number of carbonyl (C=O) groups is 1. The number of rotatable bonds is 1. The van der Waals surface area contributed by atoms with Crippen LogP contribution in [0.1, 0.15) is 21.6 Å². The minimum absolute atomic E-state index is 0.0312. The molecule has 1 heterocycles. The van der Waals surface area contributed by atoms with Crippen LogP contribution in [0, 0.1) is 0 Å². The maximum atomic E-state index is 12.6. The lowest BCUT2D eigenvalue weighted by Gasteiger charge is -2.06. The molecule has 2 aromatic carbocycles. The van der Waals surface area contributed by atoms with Crippen LogP contribution >= 0.6 is 12.6 Å². The molecular formula is C18H10BNOS. The highest BCUT2D eigenvalue weighted by atomic mass is 32.1. The molecule has 0 bridgehead atoms. The lowest BCUT2D eigenvalue weighted by atomic mass is 9.91. The molecule has 2 radical (unpaired) electrons. The van der Waals surface area contributed by atoms with Gasteiger partial charge in [-0.3, -0.25) is 4.79 Å². The second kappa shape index (κ2) is 4.85. The predicted molar refractivity (Wildman–Crippen MR) is 93.7 cm³/mol. The van der Waals surface area contributed by atoms with Gasteiger partial charge in [0.25, 0.3) is 0 Å². The van der Waals surface area contributed by atoms with Crippen LogP contribution in [0.15, 0.2) is 54.6 Å². The Hall–Kier alpha value is -2.33. The number of ketones is 1. The van der Waals surface area contributed by atoms with Crippen molar-refractivity contribution in [3.63, 3.8) is 0 Å². The van der Waals surface area contributed by atoms with Gasteiger partial charge in [-0.1, -0.05) is 47.9 Å². The third-order valence-electron chi connectivity index (χ3n) is 3.91. The van der Waals surface area contributed by atoms with Gasteiger partial charge in [0.05, 0.1) is 16.8 Å². The van der Waals surface area contributed by atoms with Gasteiger partial charge in [-0.15, -0.1) is 12.6 Å². The van der Waals surface area contributed by atoms with Crippen LogP contribution < -0.4 is 5.46 Å². The summed E-state index contributed by atoms with van der Waals surface area (Å²) in [5.41, 5.74) is 4.17. The zero-order valence-corrected chi connectivity index (χ0v) is 12.5. The summed E-state index contributed by atoms with van der Waals surface area (Å²) in [6, 6.07) is 16.8. The van der Waals surface area contributed by atoms with Crippen LogP contribution in [0.4, 0.5) is 0 Å². The van der Waals surface area contributed by atoms with E-state index in [-0.39, 0.29) is 5.78 Å². The number of hydrogen-bond donors (Lipinski definition) is 1. The average Bonchev–Trinajstić information content (AvgIpc) is 2.79. The fourth-order valence-electron chi connectivity index (χ4n) is 2.82. The number of benzene rings is 2. The highest BCUT2D eigenvalue weighted by Gasteiger charge is 2.29. The first-order valence-electron chi connectivity index (χ1n) is 6.90. The second-order valence-corrected chi connectivity index (χ2v) is 5.66. The van der Waals surface area contributed by atoms with Gasteiger partial charge < -0.3 is 0 Å². The van der Waals surface area contributed by atoms with Crippen molar-refractivity contribution in [2.75, 3.05) is 0 Å². The van der Waals surface area contributed by atoms with Crippen LogP contribution in [0.2, 0.25) is 0 Å². The van der Waals surface area contributed by atoms with Crippen molar-refractivity contribution >= 4 is 53.1 Å². The zero-order chi connectivity index (χ0) is 15.3. The van der Waals surface area contributed by atoms with Crippen molar-refractivity contribution in [1.82, 2.24) is 4.98 Å². The Morgan fingerprint density at radius 3 is 2.45 bits per heavy atom. The van der Waals surface area contributed by atoms with E-state index in [4.69, 9.17) is 7.85 Å². The Kier molecular flexibility index (Phi) is 2.94. The first-order valence-corrected chi connectivity index (χ1v) is 7.34. The van der Waals surface area contributed by atoms with Gasteiger partial charge in [-0.25, -0.2) is 4.98 Å². The Bertz CT molecular complexity index is 978. The number of carbonyl (C=O) groups excluding carboxylic acids is 1. The lowest BCUT2D eigenvalue weighted by Crippen LogP contribution is -2.05. The van der Waals surface area contributed by atoms with Crippen LogP contribution in [0.5, 0.6) is 0 Å². The Balaban J connectivity index is 1.93. The molecular weight excluding hydrogens is 289 g/mol. The molecule has 0 atom stereocenters. The largest absolute Gasteiger partial charge is 0.288 e. The molecule has 0 aliphatic heterocycles. The third-order valence-corrected chi connectivity index (χ3v) is 4.38. The minimum atomic E-state index is -0.0312. The van der Waals surface area contributed by atoms with E-state index in [1.165, 1.54) is 0 Å². The van der Waals surface area contributed by atoms with E-state index in [1.54, 1.807) is 0 Å². The second-order valence-electron chi connectivity index (χ2n) is 5.21. The summed E-state index contributed by atoms with van der Waals surface area (Å²) in [5.74, 6) is -0.0312. The van der Waals surface area contributed by atoms with E-state index in [1.807, 2.05) is 54.6 Å². The number of aromatic nitrogens is 1. The number of thiol groups is 1. The summed E-state index contributed by atoms with van der Waals surface area (Å²) in [7, 11) is 5.95. The number of pyridine rings is 1. The highest BCUT2D eigenvalue weighted by Crippen LogP contribution is 2.39. The number of Topliss-reactive ketones (excluding diaryl/α,β-unsaturated/α-hetero) is 1. The maximum Gasteiger partial charge on any atom is 0.196 e. The first kappa shape index (κ1) is 13.3. The monoisotopic (exact) mass is 299 g/mol. The van der Waals surface area contributed by atoms with Crippen LogP contribution in [0.3, 0.4) is 0 Å². The molecule has 1 aliphatic rings. The summed E-state index contributed by atoms with van der Waals surface area (Å²) in [6.07, 6.45) is 0. The smallest absolute Gasteiger partial charge is 0.196 e. The molecule has 0 N–H and O–H groups in total. The van der Waals surface area contributed by atoms with Gasteiger partial charge in [0.2, 0.25) is 0 Å².